The Balaban J connectivity index is 1.19. The second-order valence-corrected chi connectivity index (χ2v) is 10.4. The molecule has 9 nitrogen and oxygen atoms in total. The topological polar surface area (TPSA) is 122 Å². The van der Waals surface area contributed by atoms with E-state index >= 15 is 0 Å². The Morgan fingerprint density at radius 1 is 1.14 bits per heavy atom. The smallest absolute Gasteiger partial charge is 0.255 e. The minimum Gasteiger partial charge on any atom is -0.383 e. The molecule has 1 amide bonds. The highest BCUT2D eigenvalue weighted by Crippen LogP contribution is 2.38. The summed E-state index contributed by atoms with van der Waals surface area (Å²) in [6.45, 7) is 2.40. The van der Waals surface area contributed by atoms with Crippen LogP contribution in [0.5, 0.6) is 0 Å². The van der Waals surface area contributed by atoms with Crippen LogP contribution in [0.3, 0.4) is 0 Å². The lowest BCUT2D eigenvalue weighted by Crippen LogP contribution is -2.41. The van der Waals surface area contributed by atoms with Crippen molar-refractivity contribution >= 4 is 11.6 Å². The number of nitrogens with zero attached hydrogens (tertiary/aromatic N) is 4. The molecular weight excluding hydrogens is 544 g/mol. The normalized spacial score (nSPS) is 18.9. The number of hydrogen-bond donors (Lipinski definition) is 2. The summed E-state index contributed by atoms with van der Waals surface area (Å²) in [5.74, 6) is -2.44. The molecular formula is C31H29F2N5O4. The lowest BCUT2D eigenvalue weighted by Gasteiger charge is -2.38. The Labute approximate surface area is 241 Å². The monoisotopic (exact) mass is 573 g/mol. The summed E-state index contributed by atoms with van der Waals surface area (Å²) in [4.78, 5) is 16.5. The third kappa shape index (κ3) is 6.52. The van der Waals surface area contributed by atoms with Crippen LogP contribution in [0.1, 0.15) is 46.7 Å². The maximum Gasteiger partial charge on any atom is 0.255 e. The van der Waals surface area contributed by atoms with Crippen LogP contribution >= 0.6 is 0 Å². The van der Waals surface area contributed by atoms with E-state index in [-0.39, 0.29) is 23.9 Å². The van der Waals surface area contributed by atoms with E-state index in [2.05, 4.69) is 15.4 Å². The summed E-state index contributed by atoms with van der Waals surface area (Å²) < 4.78 is 41.8. The molecule has 1 saturated heterocycles. The van der Waals surface area contributed by atoms with E-state index in [4.69, 9.17) is 14.7 Å². The van der Waals surface area contributed by atoms with E-state index in [0.29, 0.717) is 36.4 Å². The highest BCUT2D eigenvalue weighted by molar-refractivity contribution is 6.04. The number of nitriles is 1. The second-order valence-electron chi connectivity index (χ2n) is 10.4. The van der Waals surface area contributed by atoms with E-state index in [1.165, 1.54) is 23.4 Å². The Bertz CT molecular complexity index is 1550. The summed E-state index contributed by atoms with van der Waals surface area (Å²) >= 11 is 0. The molecule has 2 heterocycles. The zero-order chi connectivity index (χ0) is 29.7. The summed E-state index contributed by atoms with van der Waals surface area (Å²) in [6.07, 6.45) is 2.56. The molecule has 0 aliphatic carbocycles. The first-order chi connectivity index (χ1) is 20.2. The zero-order valence-corrected chi connectivity index (χ0v) is 22.8. The van der Waals surface area contributed by atoms with E-state index in [1.54, 1.807) is 55.5 Å². The Morgan fingerprint density at radius 2 is 1.86 bits per heavy atom. The number of rotatable bonds is 9. The van der Waals surface area contributed by atoms with Gasteiger partial charge in [0.2, 0.25) is 0 Å². The van der Waals surface area contributed by atoms with Crippen molar-refractivity contribution in [1.82, 2.24) is 14.8 Å². The molecule has 4 aromatic rings. The average Bonchev–Trinajstić information content (AvgIpc) is 3.50. The summed E-state index contributed by atoms with van der Waals surface area (Å²) in [5, 5.41) is 27.5. The first kappa shape index (κ1) is 29.0. The molecule has 5 rings (SSSR count). The minimum absolute atomic E-state index is 0.0225. The van der Waals surface area contributed by atoms with Crippen molar-refractivity contribution in [2.45, 2.75) is 31.8 Å². The van der Waals surface area contributed by atoms with Crippen LogP contribution in [0.25, 0.3) is 0 Å². The fourth-order valence-corrected chi connectivity index (χ4v) is 5.10. The van der Waals surface area contributed by atoms with Gasteiger partial charge in [-0.1, -0.05) is 25.1 Å². The molecule has 2 N–H and O–H groups in total. The van der Waals surface area contributed by atoms with Crippen LogP contribution in [0, 0.1) is 34.8 Å². The van der Waals surface area contributed by atoms with Gasteiger partial charge in [0, 0.05) is 34.4 Å². The lowest BCUT2D eigenvalue weighted by atomic mass is 9.77. The number of aromatic nitrogens is 3. The van der Waals surface area contributed by atoms with Crippen molar-refractivity contribution in [1.29, 1.82) is 5.26 Å². The van der Waals surface area contributed by atoms with Gasteiger partial charge >= 0.3 is 0 Å². The van der Waals surface area contributed by atoms with Crippen molar-refractivity contribution in [3.05, 3.63) is 113 Å². The number of carbonyl (C=O) groups excluding carboxylic acids is 1. The van der Waals surface area contributed by atoms with Gasteiger partial charge in [-0.2, -0.15) is 10.4 Å². The molecule has 1 aliphatic rings. The van der Waals surface area contributed by atoms with Crippen LogP contribution in [-0.2, 0) is 21.6 Å². The molecule has 42 heavy (non-hydrogen) atoms. The number of halogens is 2. The summed E-state index contributed by atoms with van der Waals surface area (Å²) in [5.41, 5.74) is 0.559. The molecule has 0 radical (unpaired) electrons. The van der Waals surface area contributed by atoms with Crippen molar-refractivity contribution in [2.24, 2.45) is 11.8 Å². The predicted octanol–water partition coefficient (Wildman–Crippen LogP) is 4.96. The first-order valence-corrected chi connectivity index (χ1v) is 13.4. The molecule has 0 spiro atoms. The molecule has 1 aliphatic heterocycles. The van der Waals surface area contributed by atoms with E-state index < -0.39 is 29.4 Å². The SMILES string of the molecule is C[C@@H](CC1COC(c2ccc(C(=O)Nc3ccc(C#N)cc3)cc2)OC1)[C@](O)(Cn1cncn1)c1ccc(F)cc1F. The third-order valence-electron chi connectivity index (χ3n) is 7.45. The van der Waals surface area contributed by atoms with Gasteiger partial charge in [-0.05, 0) is 54.8 Å². The van der Waals surface area contributed by atoms with Crippen LogP contribution in [0.15, 0.2) is 79.4 Å². The van der Waals surface area contributed by atoms with Gasteiger partial charge < -0.3 is 19.9 Å². The highest BCUT2D eigenvalue weighted by Gasteiger charge is 2.40. The van der Waals surface area contributed by atoms with Gasteiger partial charge in [0.25, 0.3) is 5.91 Å². The standard InChI is InChI=1S/C31H29F2N5O4/c1-20(31(40,17-38-19-35-18-36-38)27-11-8-25(32)13-28(27)33)12-22-15-41-30(42-16-22)24-6-4-23(5-7-24)29(39)37-26-9-2-21(14-34)3-10-26/h2-11,13,18-20,22,30,40H,12,15-17H2,1H3,(H,37,39)/t20-,22?,30?,31+/m0/s1. The summed E-state index contributed by atoms with van der Waals surface area (Å²) in [6, 6.07) is 18.6. The predicted molar refractivity (Wildman–Crippen MR) is 148 cm³/mol. The quantitative estimate of drug-likeness (QED) is 0.290. The van der Waals surface area contributed by atoms with Crippen LogP contribution in [-0.4, -0.2) is 39.0 Å². The van der Waals surface area contributed by atoms with Crippen molar-refractivity contribution < 1.29 is 28.2 Å². The fraction of sp³-hybridized carbons (Fsp3) is 0.290. The second kappa shape index (κ2) is 12.6. The number of anilines is 1. The van der Waals surface area contributed by atoms with Gasteiger partial charge in [-0.3, -0.25) is 4.79 Å². The summed E-state index contributed by atoms with van der Waals surface area (Å²) in [7, 11) is 0. The van der Waals surface area contributed by atoms with Crippen molar-refractivity contribution in [2.75, 3.05) is 18.5 Å². The number of aliphatic hydroxyl groups is 1. The number of amides is 1. The maximum absolute atomic E-state index is 14.8. The van der Waals surface area contributed by atoms with Crippen molar-refractivity contribution in [3.63, 3.8) is 0 Å². The molecule has 216 valence electrons. The van der Waals surface area contributed by atoms with E-state index in [1.807, 2.05) is 6.07 Å². The third-order valence-corrected chi connectivity index (χ3v) is 7.45. The Morgan fingerprint density at radius 3 is 2.48 bits per heavy atom. The number of hydrogen-bond acceptors (Lipinski definition) is 7. The van der Waals surface area contributed by atoms with Gasteiger partial charge in [0.05, 0.1) is 31.4 Å². The highest BCUT2D eigenvalue weighted by atomic mass is 19.1. The van der Waals surface area contributed by atoms with Crippen LogP contribution < -0.4 is 5.32 Å². The first-order valence-electron chi connectivity index (χ1n) is 13.4. The molecule has 3 aromatic carbocycles. The van der Waals surface area contributed by atoms with Gasteiger partial charge in [0.1, 0.15) is 29.9 Å². The molecule has 11 heteroatoms. The fourth-order valence-electron chi connectivity index (χ4n) is 5.10. The Kier molecular flexibility index (Phi) is 8.68. The number of benzene rings is 3. The Hall–Kier alpha value is -4.50. The minimum atomic E-state index is -1.70. The van der Waals surface area contributed by atoms with Crippen LogP contribution in [0.4, 0.5) is 14.5 Å². The van der Waals surface area contributed by atoms with Gasteiger partial charge in [0.15, 0.2) is 6.29 Å². The molecule has 0 bridgehead atoms. The lowest BCUT2D eigenvalue weighted by molar-refractivity contribution is -0.210. The number of nitrogens with one attached hydrogen (secondary N) is 1. The van der Waals surface area contributed by atoms with E-state index in [0.717, 1.165) is 17.7 Å². The van der Waals surface area contributed by atoms with Crippen LogP contribution in [0.2, 0.25) is 0 Å². The molecule has 2 atom stereocenters. The van der Waals surface area contributed by atoms with Gasteiger partial charge in [-0.25, -0.2) is 18.4 Å². The van der Waals surface area contributed by atoms with E-state index in [9.17, 15) is 18.7 Å². The molecule has 1 aromatic heterocycles. The zero-order valence-electron chi connectivity index (χ0n) is 22.8. The largest absolute Gasteiger partial charge is 0.383 e. The number of carbonyl (C=O) groups is 1. The molecule has 0 saturated carbocycles. The molecule has 1 fully saturated rings. The van der Waals surface area contributed by atoms with Gasteiger partial charge in [-0.15, -0.1) is 0 Å². The molecule has 0 unspecified atom stereocenters. The maximum atomic E-state index is 14.8. The number of ether oxygens (including phenoxy) is 2. The average molecular weight is 574 g/mol. The van der Waals surface area contributed by atoms with Crippen molar-refractivity contribution in [3.8, 4) is 6.07 Å².